The van der Waals surface area contributed by atoms with Crippen LogP contribution in [0.5, 0.6) is 0 Å². The van der Waals surface area contributed by atoms with Gasteiger partial charge in [0.05, 0.1) is 18.4 Å². The summed E-state index contributed by atoms with van der Waals surface area (Å²) in [6.45, 7) is 1.69. The fourth-order valence-corrected chi connectivity index (χ4v) is 1.98. The molecule has 90 valence electrons. The van der Waals surface area contributed by atoms with Crippen LogP contribution in [0.2, 0.25) is 0 Å². The first kappa shape index (κ1) is 13.4. The van der Waals surface area contributed by atoms with E-state index in [0.29, 0.717) is 11.3 Å². The van der Waals surface area contributed by atoms with Crippen molar-refractivity contribution in [1.29, 1.82) is 5.26 Å². The second-order valence-corrected chi connectivity index (χ2v) is 4.23. The average Bonchev–Trinajstić information content (AvgIpc) is 2.37. The fourth-order valence-electron chi connectivity index (χ4n) is 1.41. The number of hydrogen-bond acceptors (Lipinski definition) is 5. The molecular weight excluding hydrogens is 236 g/mol. The van der Waals surface area contributed by atoms with E-state index in [0.717, 1.165) is 4.90 Å². The highest BCUT2D eigenvalue weighted by molar-refractivity contribution is 7.98. The zero-order valence-corrected chi connectivity index (χ0v) is 10.8. The normalized spacial score (nSPS) is 11.4. The van der Waals surface area contributed by atoms with E-state index in [-0.39, 0.29) is 5.97 Å². The van der Waals surface area contributed by atoms with Gasteiger partial charge in [0.15, 0.2) is 0 Å². The number of nitrogens with zero attached hydrogens (tertiary/aromatic N) is 1. The van der Waals surface area contributed by atoms with Gasteiger partial charge in [-0.05, 0) is 25.3 Å². The lowest BCUT2D eigenvalue weighted by molar-refractivity contribution is -0.141. The van der Waals surface area contributed by atoms with E-state index < -0.39 is 6.04 Å². The maximum absolute atomic E-state index is 11.3. The first-order valence-electron chi connectivity index (χ1n) is 5.05. The molecule has 1 aromatic rings. The molecule has 0 spiro atoms. The van der Waals surface area contributed by atoms with Crippen LogP contribution in [-0.4, -0.2) is 25.4 Å². The number of benzene rings is 1. The van der Waals surface area contributed by atoms with E-state index in [2.05, 4.69) is 16.1 Å². The van der Waals surface area contributed by atoms with E-state index >= 15 is 0 Å². The average molecular weight is 250 g/mol. The number of esters is 1. The van der Waals surface area contributed by atoms with Crippen molar-refractivity contribution in [2.75, 3.05) is 18.7 Å². The molecule has 1 N–H and O–H groups in total. The molecule has 17 heavy (non-hydrogen) atoms. The summed E-state index contributed by atoms with van der Waals surface area (Å²) in [5.41, 5.74) is 1.20. The minimum Gasteiger partial charge on any atom is -0.467 e. The zero-order chi connectivity index (χ0) is 12.8. The number of rotatable bonds is 4. The molecule has 0 aliphatic rings. The fraction of sp³-hybridized carbons (Fsp3) is 0.333. The summed E-state index contributed by atoms with van der Waals surface area (Å²) in [7, 11) is 1.34. The lowest BCUT2D eigenvalue weighted by atomic mass is 10.1. The van der Waals surface area contributed by atoms with Gasteiger partial charge in [-0.1, -0.05) is 6.07 Å². The lowest BCUT2D eigenvalue weighted by Gasteiger charge is -2.15. The molecule has 0 radical (unpaired) electrons. The van der Waals surface area contributed by atoms with Crippen LogP contribution in [0.1, 0.15) is 12.5 Å². The van der Waals surface area contributed by atoms with Gasteiger partial charge >= 0.3 is 5.97 Å². The number of methoxy groups -OCH3 is 1. The first-order chi connectivity index (χ1) is 8.13. The van der Waals surface area contributed by atoms with E-state index in [1.54, 1.807) is 13.0 Å². The molecule has 0 amide bonds. The summed E-state index contributed by atoms with van der Waals surface area (Å²) in [5.74, 6) is -0.358. The van der Waals surface area contributed by atoms with Crippen LogP contribution >= 0.6 is 11.8 Å². The van der Waals surface area contributed by atoms with Crippen molar-refractivity contribution in [3.8, 4) is 6.07 Å². The predicted octanol–water partition coefficient (Wildman–Crippen LogP) is 2.25. The molecule has 0 aliphatic carbocycles. The van der Waals surface area contributed by atoms with Crippen molar-refractivity contribution in [2.24, 2.45) is 0 Å². The van der Waals surface area contributed by atoms with Gasteiger partial charge in [0.1, 0.15) is 12.1 Å². The standard InChI is InChI=1S/C12H14N2O2S/c1-8(12(15)16-2)14-10-5-4-6-11(17-3)9(10)7-13/h4-6,8,14H,1-3H3. The third-order valence-corrected chi connectivity index (χ3v) is 3.06. The Morgan fingerprint density at radius 1 is 1.59 bits per heavy atom. The number of carbonyl (C=O) groups is 1. The number of nitrogens with one attached hydrogen (secondary N) is 1. The number of anilines is 1. The highest BCUT2D eigenvalue weighted by atomic mass is 32.2. The predicted molar refractivity (Wildman–Crippen MR) is 68.0 cm³/mol. The number of thioether (sulfide) groups is 1. The molecule has 1 aromatic carbocycles. The van der Waals surface area contributed by atoms with Gasteiger partial charge in [-0.15, -0.1) is 11.8 Å². The topological polar surface area (TPSA) is 62.1 Å². The van der Waals surface area contributed by atoms with Crippen LogP contribution in [0.25, 0.3) is 0 Å². The van der Waals surface area contributed by atoms with Gasteiger partial charge in [0, 0.05) is 4.90 Å². The van der Waals surface area contributed by atoms with Crippen molar-refractivity contribution in [3.63, 3.8) is 0 Å². The third kappa shape index (κ3) is 3.14. The minimum atomic E-state index is -0.482. The Bertz CT molecular complexity index is 454. The Balaban J connectivity index is 2.99. The molecule has 0 fully saturated rings. The maximum Gasteiger partial charge on any atom is 0.327 e. The maximum atomic E-state index is 11.3. The molecule has 1 atom stereocenters. The summed E-state index contributed by atoms with van der Waals surface area (Å²) in [5, 5.41) is 12.1. The van der Waals surface area contributed by atoms with E-state index in [1.807, 2.05) is 18.4 Å². The van der Waals surface area contributed by atoms with Crippen LogP contribution in [0.15, 0.2) is 23.1 Å². The van der Waals surface area contributed by atoms with Crippen molar-refractivity contribution in [2.45, 2.75) is 17.9 Å². The number of nitriles is 1. The van der Waals surface area contributed by atoms with Crippen molar-refractivity contribution >= 4 is 23.4 Å². The van der Waals surface area contributed by atoms with E-state index in [9.17, 15) is 4.79 Å². The molecular formula is C12H14N2O2S. The van der Waals surface area contributed by atoms with Gasteiger partial charge in [-0.25, -0.2) is 4.79 Å². The van der Waals surface area contributed by atoms with Crippen LogP contribution < -0.4 is 5.32 Å². The van der Waals surface area contributed by atoms with Crippen molar-refractivity contribution < 1.29 is 9.53 Å². The van der Waals surface area contributed by atoms with Gasteiger partial charge in [0.2, 0.25) is 0 Å². The van der Waals surface area contributed by atoms with Crippen molar-refractivity contribution in [3.05, 3.63) is 23.8 Å². The van der Waals surface area contributed by atoms with Gasteiger partial charge < -0.3 is 10.1 Å². The van der Waals surface area contributed by atoms with E-state index in [1.165, 1.54) is 18.9 Å². The van der Waals surface area contributed by atoms with Crippen LogP contribution in [0, 0.1) is 11.3 Å². The number of hydrogen-bond donors (Lipinski definition) is 1. The third-order valence-electron chi connectivity index (χ3n) is 2.28. The van der Waals surface area contributed by atoms with Crippen LogP contribution in [0.4, 0.5) is 5.69 Å². The molecule has 4 nitrogen and oxygen atoms in total. The smallest absolute Gasteiger partial charge is 0.327 e. The number of carbonyl (C=O) groups excluding carboxylic acids is 1. The molecule has 5 heteroatoms. The summed E-state index contributed by atoms with van der Waals surface area (Å²) in [4.78, 5) is 12.2. The Morgan fingerprint density at radius 2 is 2.29 bits per heavy atom. The van der Waals surface area contributed by atoms with Crippen LogP contribution in [-0.2, 0) is 9.53 Å². The van der Waals surface area contributed by atoms with Gasteiger partial charge in [-0.2, -0.15) is 5.26 Å². The molecule has 0 heterocycles. The Hall–Kier alpha value is -1.67. The highest BCUT2D eigenvalue weighted by Crippen LogP contribution is 2.26. The quantitative estimate of drug-likeness (QED) is 0.656. The SMILES string of the molecule is COC(=O)C(C)Nc1cccc(SC)c1C#N. The Labute approximate surface area is 105 Å². The zero-order valence-electron chi connectivity index (χ0n) is 9.98. The Morgan fingerprint density at radius 3 is 2.82 bits per heavy atom. The molecule has 0 saturated heterocycles. The monoisotopic (exact) mass is 250 g/mol. The summed E-state index contributed by atoms with van der Waals surface area (Å²) >= 11 is 1.50. The molecule has 0 bridgehead atoms. The minimum absolute atomic E-state index is 0.358. The molecule has 1 rings (SSSR count). The lowest BCUT2D eigenvalue weighted by Crippen LogP contribution is -2.27. The molecule has 1 unspecified atom stereocenters. The second kappa shape index (κ2) is 6.16. The van der Waals surface area contributed by atoms with Gasteiger partial charge in [-0.3, -0.25) is 0 Å². The van der Waals surface area contributed by atoms with Crippen LogP contribution in [0.3, 0.4) is 0 Å². The first-order valence-corrected chi connectivity index (χ1v) is 6.28. The summed E-state index contributed by atoms with van der Waals surface area (Å²) < 4.78 is 4.62. The molecule has 0 aliphatic heterocycles. The van der Waals surface area contributed by atoms with E-state index in [4.69, 9.17) is 5.26 Å². The molecule has 0 saturated carbocycles. The second-order valence-electron chi connectivity index (χ2n) is 3.38. The Kier molecular flexibility index (Phi) is 4.85. The highest BCUT2D eigenvalue weighted by Gasteiger charge is 2.15. The molecule has 0 aromatic heterocycles. The van der Waals surface area contributed by atoms with Gasteiger partial charge in [0.25, 0.3) is 0 Å². The summed E-state index contributed by atoms with van der Waals surface area (Å²) in [6.07, 6.45) is 1.91. The van der Waals surface area contributed by atoms with Crippen molar-refractivity contribution in [1.82, 2.24) is 0 Å². The largest absolute Gasteiger partial charge is 0.467 e. The summed E-state index contributed by atoms with van der Waals surface area (Å²) in [6, 6.07) is 7.15. The number of ether oxygens (including phenoxy) is 1.